The monoisotopic (exact) mass is 358 g/mol. The molecule has 0 aromatic carbocycles. The molecule has 1 N–H and O–H groups in total. The fourth-order valence-electron chi connectivity index (χ4n) is 3.22. The molecule has 9 heteroatoms. The fourth-order valence-corrected chi connectivity index (χ4v) is 4.69. The summed E-state index contributed by atoms with van der Waals surface area (Å²) >= 11 is 0. The Bertz CT molecular complexity index is 669. The van der Waals surface area contributed by atoms with Crippen molar-refractivity contribution in [3.8, 4) is 0 Å². The molecular weight excluding hydrogens is 332 g/mol. The van der Waals surface area contributed by atoms with Crippen molar-refractivity contribution in [1.29, 1.82) is 0 Å². The molecule has 0 unspecified atom stereocenters. The molecule has 136 valence electrons. The van der Waals surface area contributed by atoms with Gasteiger partial charge in [-0.05, 0) is 5.56 Å². The summed E-state index contributed by atoms with van der Waals surface area (Å²) in [6, 6.07) is 0. The maximum absolute atomic E-state index is 12.5. The van der Waals surface area contributed by atoms with Gasteiger partial charge in [-0.3, -0.25) is 9.48 Å². The van der Waals surface area contributed by atoms with Gasteiger partial charge in [-0.15, -0.1) is 0 Å². The van der Waals surface area contributed by atoms with Gasteiger partial charge in [-0.2, -0.15) is 5.10 Å². The van der Waals surface area contributed by atoms with Crippen molar-refractivity contribution >= 4 is 15.9 Å². The fraction of sp³-hybridized carbons (Fsp3) is 0.733. The molecule has 0 spiro atoms. The van der Waals surface area contributed by atoms with Gasteiger partial charge in [0.1, 0.15) is 5.75 Å². The Kier molecular flexibility index (Phi) is 6.00. The van der Waals surface area contributed by atoms with Gasteiger partial charge >= 0.3 is 0 Å². The van der Waals surface area contributed by atoms with Gasteiger partial charge in [-0.25, -0.2) is 12.7 Å². The first-order valence-corrected chi connectivity index (χ1v) is 9.78. The normalized spacial score (nSPS) is 21.6. The van der Waals surface area contributed by atoms with Crippen LogP contribution >= 0.6 is 0 Å². The minimum atomic E-state index is -3.60. The van der Waals surface area contributed by atoms with Gasteiger partial charge in [-0.1, -0.05) is 13.8 Å². The third-order valence-corrected chi connectivity index (χ3v) is 6.50. The predicted octanol–water partition coefficient (Wildman–Crippen LogP) is -0.374. The molecule has 2 atom stereocenters. The molecule has 1 saturated heterocycles. The second kappa shape index (κ2) is 7.62. The van der Waals surface area contributed by atoms with Crippen LogP contribution in [-0.4, -0.2) is 77.0 Å². The highest BCUT2D eigenvalue weighted by molar-refractivity contribution is 7.89. The van der Waals surface area contributed by atoms with E-state index in [9.17, 15) is 18.3 Å². The van der Waals surface area contributed by atoms with E-state index in [1.165, 1.54) is 4.31 Å². The van der Waals surface area contributed by atoms with Crippen molar-refractivity contribution in [2.24, 2.45) is 13.0 Å². The zero-order valence-electron chi connectivity index (χ0n) is 14.4. The number of aliphatic hydroxyl groups is 1. The molecule has 8 nitrogen and oxygen atoms in total. The maximum Gasteiger partial charge on any atom is 0.239 e. The third kappa shape index (κ3) is 3.96. The van der Waals surface area contributed by atoms with E-state index in [1.807, 2.05) is 13.2 Å². The SMILES string of the molecule is CCN(CC)S(=O)(=O)CC(=O)N1C[C@@H](CO)[C@H](c2cnn(C)c2)C1. The van der Waals surface area contributed by atoms with Gasteiger partial charge in [0, 0.05) is 57.9 Å². The number of sulfonamides is 1. The predicted molar refractivity (Wildman–Crippen MR) is 89.8 cm³/mol. The number of hydrogen-bond acceptors (Lipinski definition) is 5. The summed E-state index contributed by atoms with van der Waals surface area (Å²) in [7, 11) is -1.79. The van der Waals surface area contributed by atoms with Crippen LogP contribution in [0.15, 0.2) is 12.4 Å². The number of nitrogens with zero attached hydrogens (tertiary/aromatic N) is 4. The molecule has 0 saturated carbocycles. The van der Waals surface area contributed by atoms with E-state index in [0.717, 1.165) is 5.56 Å². The summed E-state index contributed by atoms with van der Waals surface area (Å²) < 4.78 is 27.5. The third-order valence-electron chi connectivity index (χ3n) is 4.59. The molecule has 0 aliphatic carbocycles. The molecule has 2 rings (SSSR count). The Morgan fingerprint density at radius 1 is 1.38 bits per heavy atom. The van der Waals surface area contributed by atoms with Gasteiger partial charge in [0.25, 0.3) is 0 Å². The van der Waals surface area contributed by atoms with Crippen LogP contribution in [0.25, 0.3) is 0 Å². The lowest BCUT2D eigenvalue weighted by Crippen LogP contribution is -2.40. The van der Waals surface area contributed by atoms with E-state index >= 15 is 0 Å². The highest BCUT2D eigenvalue weighted by atomic mass is 32.2. The van der Waals surface area contributed by atoms with Crippen molar-refractivity contribution in [1.82, 2.24) is 19.0 Å². The summed E-state index contributed by atoms with van der Waals surface area (Å²) in [5, 5.41) is 13.7. The van der Waals surface area contributed by atoms with Crippen LogP contribution in [0.3, 0.4) is 0 Å². The zero-order chi connectivity index (χ0) is 17.9. The Labute approximate surface area is 143 Å². The van der Waals surface area contributed by atoms with Gasteiger partial charge in [0.05, 0.1) is 6.20 Å². The lowest BCUT2D eigenvalue weighted by atomic mass is 9.92. The van der Waals surface area contributed by atoms with Gasteiger partial charge in [0.15, 0.2) is 0 Å². The molecule has 0 radical (unpaired) electrons. The number of carbonyl (C=O) groups excluding carboxylic acids is 1. The Hall–Kier alpha value is -1.45. The number of amides is 1. The average Bonchev–Trinajstić information content (AvgIpc) is 3.13. The van der Waals surface area contributed by atoms with Crippen molar-refractivity contribution in [2.75, 3.05) is 38.5 Å². The second-order valence-electron chi connectivity index (χ2n) is 6.14. The molecule has 1 aliphatic rings. The molecule has 1 aromatic rings. The van der Waals surface area contributed by atoms with Gasteiger partial charge in [0.2, 0.25) is 15.9 Å². The number of rotatable bonds is 7. The van der Waals surface area contributed by atoms with Crippen LogP contribution < -0.4 is 0 Å². The Balaban J connectivity index is 2.09. The number of aromatic nitrogens is 2. The van der Waals surface area contributed by atoms with E-state index in [2.05, 4.69) is 5.10 Å². The van der Waals surface area contributed by atoms with E-state index in [0.29, 0.717) is 26.2 Å². The van der Waals surface area contributed by atoms with Crippen LogP contribution in [0.4, 0.5) is 0 Å². The average molecular weight is 358 g/mol. The molecule has 1 amide bonds. The second-order valence-corrected chi connectivity index (χ2v) is 8.10. The van der Waals surface area contributed by atoms with E-state index in [1.54, 1.807) is 29.6 Å². The lowest BCUT2D eigenvalue weighted by molar-refractivity contribution is -0.127. The van der Waals surface area contributed by atoms with Crippen LogP contribution in [0, 0.1) is 5.92 Å². The molecule has 0 bridgehead atoms. The first-order valence-electron chi connectivity index (χ1n) is 8.17. The van der Waals surface area contributed by atoms with Crippen molar-refractivity contribution < 1.29 is 18.3 Å². The number of carbonyl (C=O) groups is 1. The Morgan fingerprint density at radius 2 is 2.04 bits per heavy atom. The summed E-state index contributed by atoms with van der Waals surface area (Å²) in [6.45, 7) is 4.93. The molecule has 1 aromatic heterocycles. The van der Waals surface area contributed by atoms with Crippen LogP contribution in [0.5, 0.6) is 0 Å². The van der Waals surface area contributed by atoms with E-state index in [4.69, 9.17) is 0 Å². The number of aliphatic hydroxyl groups excluding tert-OH is 1. The van der Waals surface area contributed by atoms with Crippen LogP contribution in [-0.2, 0) is 21.9 Å². The standard InChI is InChI=1S/C15H26N4O4S/c1-4-19(5-2)24(22,23)11-15(21)18-8-13(10-20)14(9-18)12-6-16-17(3)7-12/h6-7,13-14,20H,4-5,8-11H2,1-3H3/t13-,14-/m0/s1. The van der Waals surface area contributed by atoms with Crippen LogP contribution in [0.1, 0.15) is 25.3 Å². The molecule has 24 heavy (non-hydrogen) atoms. The molecule has 1 fully saturated rings. The van der Waals surface area contributed by atoms with Crippen molar-refractivity contribution in [3.63, 3.8) is 0 Å². The van der Waals surface area contributed by atoms with E-state index < -0.39 is 21.7 Å². The Morgan fingerprint density at radius 3 is 2.54 bits per heavy atom. The van der Waals surface area contributed by atoms with E-state index in [-0.39, 0.29) is 18.4 Å². The largest absolute Gasteiger partial charge is 0.396 e. The van der Waals surface area contributed by atoms with Crippen molar-refractivity contribution in [3.05, 3.63) is 18.0 Å². The highest BCUT2D eigenvalue weighted by Crippen LogP contribution is 2.32. The quantitative estimate of drug-likeness (QED) is 0.717. The van der Waals surface area contributed by atoms with Crippen molar-refractivity contribution in [2.45, 2.75) is 19.8 Å². The summed E-state index contributed by atoms with van der Waals surface area (Å²) in [5.74, 6) is -1.06. The lowest BCUT2D eigenvalue weighted by Gasteiger charge is -2.21. The maximum atomic E-state index is 12.5. The summed E-state index contributed by atoms with van der Waals surface area (Å²) in [4.78, 5) is 14.0. The zero-order valence-corrected chi connectivity index (χ0v) is 15.2. The highest BCUT2D eigenvalue weighted by Gasteiger charge is 2.38. The smallest absolute Gasteiger partial charge is 0.239 e. The minimum absolute atomic E-state index is 0.0243. The van der Waals surface area contributed by atoms with Crippen LogP contribution in [0.2, 0.25) is 0 Å². The number of likely N-dealkylation sites (tertiary alicyclic amines) is 1. The topological polar surface area (TPSA) is 95.7 Å². The first kappa shape index (κ1) is 18.9. The minimum Gasteiger partial charge on any atom is -0.396 e. The summed E-state index contributed by atoms with van der Waals surface area (Å²) in [5.41, 5.74) is 0.957. The number of hydrogen-bond donors (Lipinski definition) is 1. The molecule has 1 aliphatic heterocycles. The van der Waals surface area contributed by atoms with Gasteiger partial charge < -0.3 is 10.0 Å². The molecule has 2 heterocycles. The first-order chi connectivity index (χ1) is 11.3. The summed E-state index contributed by atoms with van der Waals surface area (Å²) in [6.07, 6.45) is 3.60. The molecular formula is C15H26N4O4S. The number of aryl methyl sites for hydroxylation is 1.